The van der Waals surface area contributed by atoms with E-state index in [-0.39, 0.29) is 41.8 Å². The summed E-state index contributed by atoms with van der Waals surface area (Å²) in [5.74, 6) is -1.20. The van der Waals surface area contributed by atoms with Crippen molar-refractivity contribution in [1.82, 2.24) is 14.7 Å². The number of rotatable bonds is 7. The molecule has 32 heavy (non-hydrogen) atoms. The van der Waals surface area contributed by atoms with Gasteiger partial charge in [0.25, 0.3) is 5.91 Å². The highest BCUT2D eigenvalue weighted by atomic mass is 32.2. The summed E-state index contributed by atoms with van der Waals surface area (Å²) in [6, 6.07) is 4.46. The van der Waals surface area contributed by atoms with Gasteiger partial charge in [-0.2, -0.15) is 18.3 Å². The first-order valence-electron chi connectivity index (χ1n) is 9.33. The molecule has 1 N–H and O–H groups in total. The predicted molar refractivity (Wildman–Crippen MR) is 116 cm³/mol. The first kappa shape index (κ1) is 23.8. The number of benzene rings is 1. The van der Waals surface area contributed by atoms with Crippen molar-refractivity contribution in [3.63, 3.8) is 0 Å². The number of carbonyl (C=O) groups is 2. The number of carboxylic acid groups (broad SMARTS) is 1. The average molecular weight is 486 g/mol. The Kier molecular flexibility index (Phi) is 6.94. The van der Waals surface area contributed by atoms with Gasteiger partial charge in [-0.25, -0.2) is 4.68 Å². The minimum absolute atomic E-state index is 0.0290. The lowest BCUT2D eigenvalue weighted by Crippen LogP contribution is -2.29. The van der Waals surface area contributed by atoms with E-state index in [2.05, 4.69) is 5.10 Å². The summed E-state index contributed by atoms with van der Waals surface area (Å²) >= 11 is 6.29. The van der Waals surface area contributed by atoms with Crippen LogP contribution in [0.5, 0.6) is 11.6 Å². The van der Waals surface area contributed by atoms with Crippen LogP contribution in [0.15, 0.2) is 29.2 Å². The average Bonchev–Trinajstić information content (AvgIpc) is 3.11. The fraction of sp³-hybridized carbons (Fsp3) is 0.300. The predicted octanol–water partition coefficient (Wildman–Crippen LogP) is 4.61. The fourth-order valence-corrected chi connectivity index (χ4v) is 4.29. The SMILES string of the molecule is Cc1nn(C)c(Oc2cccc(C(F)(F)F)c2)c1/C=C1/SC(=S)N(CCCC(=O)O)C1=O. The Morgan fingerprint density at radius 2 is 2.09 bits per heavy atom. The van der Waals surface area contributed by atoms with E-state index in [0.29, 0.717) is 15.6 Å². The van der Waals surface area contributed by atoms with E-state index in [4.69, 9.17) is 22.1 Å². The molecule has 12 heteroatoms. The number of thiocarbonyl (C=S) groups is 1. The third-order valence-corrected chi connectivity index (χ3v) is 5.89. The van der Waals surface area contributed by atoms with Crippen LogP contribution in [-0.2, 0) is 22.8 Å². The van der Waals surface area contributed by atoms with Crippen LogP contribution in [0.1, 0.15) is 29.7 Å². The molecule has 1 saturated heterocycles. The molecule has 0 unspecified atom stereocenters. The molecule has 0 radical (unpaired) electrons. The van der Waals surface area contributed by atoms with Gasteiger partial charge in [0.1, 0.15) is 10.1 Å². The zero-order chi connectivity index (χ0) is 23.6. The molecule has 1 fully saturated rings. The third-order valence-electron chi connectivity index (χ3n) is 4.51. The van der Waals surface area contributed by atoms with E-state index in [9.17, 15) is 22.8 Å². The van der Waals surface area contributed by atoms with Gasteiger partial charge in [-0.1, -0.05) is 30.0 Å². The van der Waals surface area contributed by atoms with Crippen molar-refractivity contribution in [2.24, 2.45) is 7.05 Å². The highest BCUT2D eigenvalue weighted by molar-refractivity contribution is 8.26. The molecule has 0 aliphatic carbocycles. The van der Waals surface area contributed by atoms with Crippen LogP contribution in [0.2, 0.25) is 0 Å². The molecule has 0 atom stereocenters. The maximum Gasteiger partial charge on any atom is 0.416 e. The van der Waals surface area contributed by atoms with Gasteiger partial charge in [0, 0.05) is 20.0 Å². The number of carbonyl (C=O) groups excluding carboxylic acids is 1. The zero-order valence-corrected chi connectivity index (χ0v) is 18.6. The molecule has 0 spiro atoms. The maximum absolute atomic E-state index is 13.0. The Morgan fingerprint density at radius 3 is 2.75 bits per heavy atom. The number of aliphatic carboxylic acids is 1. The Morgan fingerprint density at radius 1 is 1.38 bits per heavy atom. The van der Waals surface area contributed by atoms with Gasteiger partial charge < -0.3 is 9.84 Å². The molecule has 0 bridgehead atoms. The maximum atomic E-state index is 13.0. The van der Waals surface area contributed by atoms with E-state index in [0.717, 1.165) is 23.9 Å². The first-order valence-corrected chi connectivity index (χ1v) is 10.6. The number of amides is 1. The largest absolute Gasteiger partial charge is 0.481 e. The van der Waals surface area contributed by atoms with Crippen LogP contribution >= 0.6 is 24.0 Å². The molecule has 3 rings (SSSR count). The van der Waals surface area contributed by atoms with Crippen LogP contribution < -0.4 is 4.74 Å². The smallest absolute Gasteiger partial charge is 0.416 e. The normalized spacial score (nSPS) is 15.7. The second-order valence-electron chi connectivity index (χ2n) is 6.89. The molecule has 2 heterocycles. The van der Waals surface area contributed by atoms with Crippen molar-refractivity contribution in [2.75, 3.05) is 6.54 Å². The first-order chi connectivity index (χ1) is 15.0. The molecule has 1 aromatic heterocycles. The second kappa shape index (κ2) is 9.33. The van der Waals surface area contributed by atoms with Crippen molar-refractivity contribution < 1.29 is 32.6 Å². The number of halogens is 3. The van der Waals surface area contributed by atoms with Crippen LogP contribution in [0.3, 0.4) is 0 Å². The van der Waals surface area contributed by atoms with E-state index in [1.165, 1.54) is 27.8 Å². The molecule has 1 aliphatic heterocycles. The number of aromatic nitrogens is 2. The summed E-state index contributed by atoms with van der Waals surface area (Å²) < 4.78 is 46.4. The van der Waals surface area contributed by atoms with Crippen LogP contribution in [0.25, 0.3) is 6.08 Å². The molecule has 170 valence electrons. The topological polar surface area (TPSA) is 84.7 Å². The molecular formula is C20H18F3N3O4S2. The third kappa shape index (κ3) is 5.30. The summed E-state index contributed by atoms with van der Waals surface area (Å²) in [5, 5.41) is 13.0. The Hall–Kier alpha value is -2.86. The van der Waals surface area contributed by atoms with Gasteiger partial charge in [-0.15, -0.1) is 0 Å². The Bertz CT molecular complexity index is 1110. The molecule has 7 nitrogen and oxygen atoms in total. The number of hydrogen-bond acceptors (Lipinski definition) is 6. The van der Waals surface area contributed by atoms with Crippen LogP contribution in [0, 0.1) is 6.92 Å². The van der Waals surface area contributed by atoms with Gasteiger partial charge in [-0.05, 0) is 37.6 Å². The van der Waals surface area contributed by atoms with Crippen LogP contribution in [-0.4, -0.2) is 42.5 Å². The Balaban J connectivity index is 1.87. The number of hydrogen-bond donors (Lipinski definition) is 1. The van der Waals surface area contributed by atoms with Gasteiger partial charge in [-0.3, -0.25) is 14.5 Å². The zero-order valence-electron chi connectivity index (χ0n) is 17.0. The summed E-state index contributed by atoms with van der Waals surface area (Å²) in [4.78, 5) is 25.1. The van der Waals surface area contributed by atoms with E-state index in [1.54, 1.807) is 14.0 Å². The molecule has 2 aromatic rings. The summed E-state index contributed by atoms with van der Waals surface area (Å²) in [7, 11) is 1.57. The van der Waals surface area contributed by atoms with Crippen molar-refractivity contribution in [2.45, 2.75) is 25.9 Å². The fourth-order valence-electron chi connectivity index (χ4n) is 3.00. The van der Waals surface area contributed by atoms with E-state index >= 15 is 0 Å². The molecule has 0 saturated carbocycles. The molecule has 1 aliphatic rings. The number of aryl methyl sites for hydroxylation is 2. The summed E-state index contributed by atoms with van der Waals surface area (Å²) in [5.41, 5.74) is 0.0826. The lowest BCUT2D eigenvalue weighted by molar-refractivity contribution is -0.138. The summed E-state index contributed by atoms with van der Waals surface area (Å²) in [6.45, 7) is 1.85. The highest BCUT2D eigenvalue weighted by Crippen LogP contribution is 2.37. The highest BCUT2D eigenvalue weighted by Gasteiger charge is 2.33. The number of nitrogens with zero attached hydrogens (tertiary/aromatic N) is 3. The van der Waals surface area contributed by atoms with Gasteiger partial charge in [0.2, 0.25) is 5.88 Å². The van der Waals surface area contributed by atoms with Crippen molar-refractivity contribution in [1.29, 1.82) is 0 Å². The van der Waals surface area contributed by atoms with Crippen LogP contribution in [0.4, 0.5) is 13.2 Å². The van der Waals surface area contributed by atoms with Crippen molar-refractivity contribution in [3.05, 3.63) is 46.0 Å². The van der Waals surface area contributed by atoms with Gasteiger partial charge in [0.15, 0.2) is 0 Å². The van der Waals surface area contributed by atoms with Crippen molar-refractivity contribution >= 4 is 46.3 Å². The lowest BCUT2D eigenvalue weighted by Gasteiger charge is -2.13. The van der Waals surface area contributed by atoms with E-state index in [1.807, 2.05) is 0 Å². The number of thioether (sulfide) groups is 1. The summed E-state index contributed by atoms with van der Waals surface area (Å²) in [6.07, 6.45) is -2.82. The number of alkyl halides is 3. The molecule has 1 aromatic carbocycles. The lowest BCUT2D eigenvalue weighted by atomic mass is 10.2. The monoisotopic (exact) mass is 485 g/mol. The molecule has 1 amide bonds. The second-order valence-corrected chi connectivity index (χ2v) is 8.56. The van der Waals surface area contributed by atoms with Gasteiger partial charge >= 0.3 is 12.1 Å². The van der Waals surface area contributed by atoms with Crippen molar-refractivity contribution in [3.8, 4) is 11.6 Å². The minimum atomic E-state index is -4.51. The standard InChI is InChI=1S/C20H18F3N3O4S2/c1-11-14(10-15-17(29)26(19(31)32-15)8-4-7-16(27)28)18(25(2)24-11)30-13-6-3-5-12(9-13)20(21,22)23/h3,5-6,9-10H,4,7-8H2,1-2H3,(H,27,28)/b15-10+. The Labute approximate surface area is 190 Å². The number of ether oxygens (including phenoxy) is 1. The van der Waals surface area contributed by atoms with Gasteiger partial charge in [0.05, 0.1) is 21.7 Å². The van der Waals surface area contributed by atoms with E-state index < -0.39 is 17.7 Å². The minimum Gasteiger partial charge on any atom is -0.481 e. The quantitative estimate of drug-likeness (QED) is 0.453. The molecular weight excluding hydrogens is 467 g/mol. The number of carboxylic acids is 1.